The third-order valence-corrected chi connectivity index (χ3v) is 4.63. The second-order valence-corrected chi connectivity index (χ2v) is 6.08. The first kappa shape index (κ1) is 13.5. The van der Waals surface area contributed by atoms with E-state index in [2.05, 4.69) is 37.4 Å². The summed E-state index contributed by atoms with van der Waals surface area (Å²) < 4.78 is 1.29. The van der Waals surface area contributed by atoms with E-state index in [0.29, 0.717) is 18.9 Å². The molecule has 3 heteroatoms. The number of fused-ring (bicyclic) bond motifs is 1. The largest absolute Gasteiger partial charge is 0.392 e. The fraction of sp³-hybridized carbons (Fsp3) is 0.467. The lowest BCUT2D eigenvalue weighted by atomic mass is 9.87. The molecule has 0 bridgehead atoms. The molecule has 1 aromatic carbocycles. The van der Waals surface area contributed by atoms with Crippen molar-refractivity contribution in [2.75, 3.05) is 6.54 Å². The summed E-state index contributed by atoms with van der Waals surface area (Å²) in [5.74, 6) is 0.582. The highest BCUT2D eigenvalue weighted by Crippen LogP contribution is 2.28. The highest BCUT2D eigenvalue weighted by atomic mass is 32.1. The number of aliphatic hydroxyl groups is 1. The van der Waals surface area contributed by atoms with E-state index >= 15 is 0 Å². The van der Waals surface area contributed by atoms with E-state index in [4.69, 9.17) is 5.73 Å². The smallest absolute Gasteiger partial charge is 0.0623 e. The highest BCUT2D eigenvalue weighted by molar-refractivity contribution is 7.17. The van der Waals surface area contributed by atoms with Gasteiger partial charge in [0, 0.05) is 11.1 Å². The van der Waals surface area contributed by atoms with Gasteiger partial charge in [-0.25, -0.2) is 0 Å². The molecular weight excluding hydrogens is 242 g/mol. The van der Waals surface area contributed by atoms with Gasteiger partial charge >= 0.3 is 0 Å². The molecule has 2 nitrogen and oxygen atoms in total. The summed E-state index contributed by atoms with van der Waals surface area (Å²) in [6, 6.07) is 8.35. The standard InChI is InChI=1S/C15H21NOS/c1-10(2)13(8-16)14(17)7-11-9-18-15-6-4-3-5-12(11)15/h3-6,9-10,13-14,17H,7-8,16H2,1-2H3. The van der Waals surface area contributed by atoms with Gasteiger partial charge in [-0.05, 0) is 40.8 Å². The van der Waals surface area contributed by atoms with Crippen LogP contribution >= 0.6 is 11.3 Å². The Morgan fingerprint density at radius 3 is 2.67 bits per heavy atom. The van der Waals surface area contributed by atoms with E-state index in [-0.39, 0.29) is 12.0 Å². The van der Waals surface area contributed by atoms with E-state index in [1.54, 1.807) is 11.3 Å². The van der Waals surface area contributed by atoms with Gasteiger partial charge in [0.25, 0.3) is 0 Å². The number of hydrogen-bond acceptors (Lipinski definition) is 3. The van der Waals surface area contributed by atoms with Gasteiger partial charge in [0.1, 0.15) is 0 Å². The normalized spacial score (nSPS) is 15.2. The Labute approximate surface area is 112 Å². The second kappa shape index (κ2) is 5.83. The molecule has 0 aliphatic rings. The minimum absolute atomic E-state index is 0.170. The molecule has 0 aliphatic carbocycles. The Balaban J connectivity index is 2.18. The van der Waals surface area contributed by atoms with Crippen LogP contribution in [0.25, 0.3) is 10.1 Å². The Morgan fingerprint density at radius 1 is 1.28 bits per heavy atom. The quantitative estimate of drug-likeness (QED) is 0.871. The van der Waals surface area contributed by atoms with Crippen LogP contribution < -0.4 is 5.73 Å². The third kappa shape index (κ3) is 2.74. The molecule has 2 aromatic rings. The summed E-state index contributed by atoms with van der Waals surface area (Å²) in [7, 11) is 0. The van der Waals surface area contributed by atoms with E-state index in [9.17, 15) is 5.11 Å². The van der Waals surface area contributed by atoms with Crippen molar-refractivity contribution in [3.05, 3.63) is 35.2 Å². The molecule has 2 unspecified atom stereocenters. The highest BCUT2D eigenvalue weighted by Gasteiger charge is 2.22. The van der Waals surface area contributed by atoms with Crippen LogP contribution in [0.5, 0.6) is 0 Å². The first-order valence-electron chi connectivity index (χ1n) is 6.46. The molecule has 0 aliphatic heterocycles. The zero-order valence-corrected chi connectivity index (χ0v) is 11.8. The maximum absolute atomic E-state index is 10.3. The Morgan fingerprint density at radius 2 is 2.00 bits per heavy atom. The molecule has 0 amide bonds. The van der Waals surface area contributed by atoms with Crippen molar-refractivity contribution in [2.24, 2.45) is 17.6 Å². The van der Waals surface area contributed by atoms with E-state index in [0.717, 1.165) is 0 Å². The predicted octanol–water partition coefficient (Wildman–Crippen LogP) is 3.04. The van der Waals surface area contributed by atoms with Crippen LogP contribution in [0, 0.1) is 11.8 Å². The van der Waals surface area contributed by atoms with E-state index < -0.39 is 0 Å². The monoisotopic (exact) mass is 263 g/mol. The summed E-state index contributed by atoms with van der Waals surface area (Å²) in [6.45, 7) is 4.78. The third-order valence-electron chi connectivity index (χ3n) is 3.61. The van der Waals surface area contributed by atoms with E-state index in [1.807, 2.05) is 6.07 Å². The van der Waals surface area contributed by atoms with E-state index in [1.165, 1.54) is 15.6 Å². The van der Waals surface area contributed by atoms with Gasteiger partial charge in [-0.3, -0.25) is 0 Å². The van der Waals surface area contributed by atoms with Crippen LogP contribution in [0.2, 0.25) is 0 Å². The summed E-state index contributed by atoms with van der Waals surface area (Å²) in [5, 5.41) is 13.8. The van der Waals surface area contributed by atoms with Crippen LogP contribution in [0.3, 0.4) is 0 Å². The van der Waals surface area contributed by atoms with Gasteiger partial charge in [-0.1, -0.05) is 32.0 Å². The molecule has 98 valence electrons. The molecule has 1 heterocycles. The molecule has 3 N–H and O–H groups in total. The zero-order valence-electron chi connectivity index (χ0n) is 11.0. The number of hydrogen-bond donors (Lipinski definition) is 2. The van der Waals surface area contributed by atoms with Gasteiger partial charge in [0.05, 0.1) is 6.10 Å². The summed E-state index contributed by atoms with van der Waals surface area (Å²) >= 11 is 1.74. The van der Waals surface area contributed by atoms with Crippen molar-refractivity contribution in [1.82, 2.24) is 0 Å². The average Bonchev–Trinajstić information content (AvgIpc) is 2.73. The lowest BCUT2D eigenvalue weighted by Crippen LogP contribution is -2.33. The van der Waals surface area contributed by atoms with Crippen molar-refractivity contribution in [1.29, 1.82) is 0 Å². The lowest BCUT2D eigenvalue weighted by Gasteiger charge is -2.24. The van der Waals surface area contributed by atoms with Crippen LogP contribution in [0.1, 0.15) is 19.4 Å². The molecule has 0 fully saturated rings. The van der Waals surface area contributed by atoms with Gasteiger partial charge in [-0.15, -0.1) is 11.3 Å². The van der Waals surface area contributed by atoms with Crippen LogP contribution in [0.15, 0.2) is 29.6 Å². The summed E-state index contributed by atoms with van der Waals surface area (Å²) in [6.07, 6.45) is 0.345. The van der Waals surface area contributed by atoms with Crippen LogP contribution in [0.4, 0.5) is 0 Å². The molecule has 2 rings (SSSR count). The van der Waals surface area contributed by atoms with Gasteiger partial charge in [0.2, 0.25) is 0 Å². The first-order valence-corrected chi connectivity index (χ1v) is 7.34. The fourth-order valence-electron chi connectivity index (χ4n) is 2.44. The minimum atomic E-state index is -0.354. The van der Waals surface area contributed by atoms with Crippen molar-refractivity contribution in [2.45, 2.75) is 26.4 Å². The second-order valence-electron chi connectivity index (χ2n) is 5.17. The van der Waals surface area contributed by atoms with Gasteiger partial charge in [0.15, 0.2) is 0 Å². The number of thiophene rings is 1. The van der Waals surface area contributed by atoms with Crippen LogP contribution in [-0.2, 0) is 6.42 Å². The Bertz CT molecular complexity index is 506. The molecule has 0 radical (unpaired) electrons. The molecule has 0 spiro atoms. The number of benzene rings is 1. The Kier molecular flexibility index (Phi) is 4.38. The zero-order chi connectivity index (χ0) is 13.1. The molecular formula is C15H21NOS. The van der Waals surface area contributed by atoms with Gasteiger partial charge in [-0.2, -0.15) is 0 Å². The van der Waals surface area contributed by atoms with Crippen LogP contribution in [-0.4, -0.2) is 17.8 Å². The topological polar surface area (TPSA) is 46.2 Å². The average molecular weight is 263 g/mol. The van der Waals surface area contributed by atoms with Crippen molar-refractivity contribution in [3.63, 3.8) is 0 Å². The number of aliphatic hydroxyl groups excluding tert-OH is 1. The number of rotatable bonds is 5. The number of nitrogens with two attached hydrogens (primary N) is 1. The molecule has 0 saturated carbocycles. The van der Waals surface area contributed by atoms with Crippen molar-refractivity contribution < 1.29 is 5.11 Å². The Hall–Kier alpha value is -0.900. The molecule has 18 heavy (non-hydrogen) atoms. The predicted molar refractivity (Wildman–Crippen MR) is 78.9 cm³/mol. The summed E-state index contributed by atoms with van der Waals surface area (Å²) in [4.78, 5) is 0. The minimum Gasteiger partial charge on any atom is -0.392 e. The molecule has 2 atom stereocenters. The van der Waals surface area contributed by atoms with Crippen molar-refractivity contribution >= 4 is 21.4 Å². The van der Waals surface area contributed by atoms with Gasteiger partial charge < -0.3 is 10.8 Å². The van der Waals surface area contributed by atoms with Crippen molar-refractivity contribution in [3.8, 4) is 0 Å². The first-order chi connectivity index (χ1) is 8.63. The lowest BCUT2D eigenvalue weighted by molar-refractivity contribution is 0.0867. The molecule has 1 aromatic heterocycles. The maximum Gasteiger partial charge on any atom is 0.0623 e. The molecule has 0 saturated heterocycles. The fourth-order valence-corrected chi connectivity index (χ4v) is 3.42. The summed E-state index contributed by atoms with van der Waals surface area (Å²) in [5.41, 5.74) is 7.00. The SMILES string of the molecule is CC(C)C(CN)C(O)Cc1csc2ccccc12. The maximum atomic E-state index is 10.3.